The van der Waals surface area contributed by atoms with Crippen LogP contribution in [0.4, 0.5) is 4.39 Å². The van der Waals surface area contributed by atoms with E-state index < -0.39 is 25.7 Å². The van der Waals surface area contributed by atoms with E-state index in [1.54, 1.807) is 0 Å². The molecule has 0 fully saturated rings. The SMILES string of the molecule is CC(C)C(C)CNC(=O)c1cc(Br)cc(S(=O)(=O)Cl)c1F. The highest BCUT2D eigenvalue weighted by Crippen LogP contribution is 2.26. The lowest BCUT2D eigenvalue weighted by molar-refractivity contribution is 0.0940. The highest BCUT2D eigenvalue weighted by Gasteiger charge is 2.24. The average Bonchev–Trinajstić information content (AvgIpc) is 2.36. The zero-order valence-electron chi connectivity index (χ0n) is 11.8. The van der Waals surface area contributed by atoms with Crippen LogP contribution in [0.3, 0.4) is 0 Å². The number of carbonyl (C=O) groups is 1. The molecule has 1 unspecified atom stereocenters. The molecule has 0 saturated carbocycles. The summed E-state index contributed by atoms with van der Waals surface area (Å²) >= 11 is 3.04. The molecule has 0 aliphatic heterocycles. The number of halogens is 3. The minimum absolute atomic E-state index is 0.209. The van der Waals surface area contributed by atoms with Crippen LogP contribution < -0.4 is 5.32 Å². The van der Waals surface area contributed by atoms with E-state index in [9.17, 15) is 17.6 Å². The van der Waals surface area contributed by atoms with Crippen molar-refractivity contribution in [2.75, 3.05) is 6.54 Å². The van der Waals surface area contributed by atoms with Crippen molar-refractivity contribution < 1.29 is 17.6 Å². The van der Waals surface area contributed by atoms with E-state index in [1.807, 2.05) is 20.8 Å². The first-order valence-electron chi connectivity index (χ1n) is 6.26. The van der Waals surface area contributed by atoms with Crippen LogP contribution in [0, 0.1) is 17.7 Å². The summed E-state index contributed by atoms with van der Waals surface area (Å²) in [6.07, 6.45) is 0. The normalized spacial score (nSPS) is 13.3. The number of amides is 1. The predicted molar refractivity (Wildman–Crippen MR) is 83.5 cm³/mol. The molecule has 0 radical (unpaired) electrons. The Morgan fingerprint density at radius 3 is 2.43 bits per heavy atom. The second-order valence-electron chi connectivity index (χ2n) is 5.13. The topological polar surface area (TPSA) is 63.2 Å². The molecule has 21 heavy (non-hydrogen) atoms. The number of nitrogens with one attached hydrogen (secondary N) is 1. The third-order valence-corrected chi connectivity index (χ3v) is 5.01. The van der Waals surface area contributed by atoms with Crippen LogP contribution in [0.2, 0.25) is 0 Å². The molecule has 1 aromatic carbocycles. The van der Waals surface area contributed by atoms with E-state index in [-0.39, 0.29) is 16.0 Å². The standard InChI is InChI=1S/C13H16BrClFNO3S/c1-7(2)8(3)6-17-13(18)10-4-9(14)5-11(12(10)16)21(15,19)20/h4-5,7-8H,6H2,1-3H3,(H,17,18). The van der Waals surface area contributed by atoms with Gasteiger partial charge in [-0.3, -0.25) is 4.79 Å². The Morgan fingerprint density at radius 2 is 1.95 bits per heavy atom. The monoisotopic (exact) mass is 399 g/mol. The summed E-state index contributed by atoms with van der Waals surface area (Å²) in [7, 11) is 0.892. The van der Waals surface area contributed by atoms with Crippen molar-refractivity contribution in [3.05, 3.63) is 28.0 Å². The van der Waals surface area contributed by atoms with Gasteiger partial charge in [-0.05, 0) is 24.0 Å². The van der Waals surface area contributed by atoms with Gasteiger partial charge >= 0.3 is 0 Å². The molecule has 118 valence electrons. The van der Waals surface area contributed by atoms with Gasteiger partial charge in [-0.2, -0.15) is 0 Å². The van der Waals surface area contributed by atoms with Gasteiger partial charge in [0.05, 0.1) is 5.56 Å². The number of hydrogen-bond acceptors (Lipinski definition) is 3. The van der Waals surface area contributed by atoms with Crippen LogP contribution in [0.25, 0.3) is 0 Å². The molecule has 0 saturated heterocycles. The number of carbonyl (C=O) groups excluding carboxylic acids is 1. The molecule has 0 aliphatic rings. The maximum absolute atomic E-state index is 14.1. The zero-order valence-corrected chi connectivity index (χ0v) is 14.9. The fourth-order valence-electron chi connectivity index (χ4n) is 1.49. The smallest absolute Gasteiger partial charge is 0.264 e. The summed E-state index contributed by atoms with van der Waals surface area (Å²) in [5, 5.41) is 2.59. The molecule has 1 atom stereocenters. The molecule has 0 heterocycles. The Balaban J connectivity index is 3.08. The molecule has 0 aliphatic carbocycles. The first kappa shape index (κ1) is 18.4. The molecule has 0 bridgehead atoms. The van der Waals surface area contributed by atoms with E-state index in [0.717, 1.165) is 6.07 Å². The summed E-state index contributed by atoms with van der Waals surface area (Å²) < 4.78 is 37.0. The summed E-state index contributed by atoms with van der Waals surface area (Å²) in [4.78, 5) is 11.3. The lowest BCUT2D eigenvalue weighted by Gasteiger charge is -2.16. The maximum Gasteiger partial charge on any atom is 0.264 e. The molecular formula is C13H16BrClFNO3S. The van der Waals surface area contributed by atoms with Gasteiger partial charge in [-0.25, -0.2) is 12.8 Å². The third-order valence-electron chi connectivity index (χ3n) is 3.23. The van der Waals surface area contributed by atoms with Crippen molar-refractivity contribution in [1.82, 2.24) is 5.32 Å². The second-order valence-corrected chi connectivity index (χ2v) is 8.58. The van der Waals surface area contributed by atoms with Crippen molar-refractivity contribution in [2.24, 2.45) is 11.8 Å². The van der Waals surface area contributed by atoms with Crippen LogP contribution in [0.15, 0.2) is 21.5 Å². The lowest BCUT2D eigenvalue weighted by atomic mass is 9.98. The largest absolute Gasteiger partial charge is 0.352 e. The fourth-order valence-corrected chi connectivity index (χ4v) is 3.03. The maximum atomic E-state index is 14.1. The average molecular weight is 401 g/mol. The quantitative estimate of drug-likeness (QED) is 0.769. The van der Waals surface area contributed by atoms with Gasteiger partial charge in [0.25, 0.3) is 15.0 Å². The van der Waals surface area contributed by atoms with Gasteiger partial charge in [0.15, 0.2) is 5.82 Å². The predicted octanol–water partition coefficient (Wildman–Crippen LogP) is 3.54. The van der Waals surface area contributed by atoms with Crippen molar-refractivity contribution in [2.45, 2.75) is 25.7 Å². The Kier molecular flexibility index (Phi) is 6.19. The molecular weight excluding hydrogens is 385 g/mol. The van der Waals surface area contributed by atoms with Crippen LogP contribution in [0.1, 0.15) is 31.1 Å². The van der Waals surface area contributed by atoms with Crippen LogP contribution in [0.5, 0.6) is 0 Å². The summed E-state index contributed by atoms with van der Waals surface area (Å²) in [5.41, 5.74) is -0.362. The van der Waals surface area contributed by atoms with E-state index in [0.29, 0.717) is 12.5 Å². The fraction of sp³-hybridized carbons (Fsp3) is 0.462. The minimum Gasteiger partial charge on any atom is -0.352 e. The van der Waals surface area contributed by atoms with E-state index in [2.05, 4.69) is 21.2 Å². The second kappa shape index (κ2) is 7.07. The molecule has 1 amide bonds. The molecule has 4 nitrogen and oxygen atoms in total. The number of hydrogen-bond donors (Lipinski definition) is 1. The number of benzene rings is 1. The minimum atomic E-state index is -4.27. The molecule has 8 heteroatoms. The molecule has 0 aromatic heterocycles. The first-order chi connectivity index (χ1) is 9.54. The van der Waals surface area contributed by atoms with Gasteiger partial charge in [0.2, 0.25) is 0 Å². The van der Waals surface area contributed by atoms with Crippen molar-refractivity contribution in [3.8, 4) is 0 Å². The van der Waals surface area contributed by atoms with Crippen LogP contribution in [-0.2, 0) is 9.05 Å². The Hall–Kier alpha value is -0.660. The van der Waals surface area contributed by atoms with Crippen molar-refractivity contribution in [1.29, 1.82) is 0 Å². The van der Waals surface area contributed by atoms with E-state index in [1.165, 1.54) is 6.07 Å². The van der Waals surface area contributed by atoms with Crippen LogP contribution >= 0.6 is 26.6 Å². The Bertz CT molecular complexity index is 649. The molecule has 1 N–H and O–H groups in total. The summed E-state index contributed by atoms with van der Waals surface area (Å²) in [6, 6.07) is 2.24. The highest BCUT2D eigenvalue weighted by atomic mass is 79.9. The Labute approximate surface area is 136 Å². The van der Waals surface area contributed by atoms with Gasteiger partial charge < -0.3 is 5.32 Å². The first-order valence-corrected chi connectivity index (χ1v) is 9.36. The van der Waals surface area contributed by atoms with E-state index >= 15 is 0 Å². The van der Waals surface area contributed by atoms with Gasteiger partial charge in [0, 0.05) is 21.7 Å². The van der Waals surface area contributed by atoms with Gasteiger partial charge in [-0.1, -0.05) is 36.7 Å². The van der Waals surface area contributed by atoms with Crippen LogP contribution in [-0.4, -0.2) is 20.9 Å². The molecule has 1 rings (SSSR count). The van der Waals surface area contributed by atoms with Crippen molar-refractivity contribution >= 4 is 41.6 Å². The van der Waals surface area contributed by atoms with Crippen molar-refractivity contribution in [3.63, 3.8) is 0 Å². The van der Waals surface area contributed by atoms with Gasteiger partial charge in [0.1, 0.15) is 4.90 Å². The van der Waals surface area contributed by atoms with E-state index in [4.69, 9.17) is 10.7 Å². The highest BCUT2D eigenvalue weighted by molar-refractivity contribution is 9.10. The molecule has 0 spiro atoms. The zero-order chi connectivity index (χ0) is 16.4. The van der Waals surface area contributed by atoms with Gasteiger partial charge in [-0.15, -0.1) is 0 Å². The third kappa shape index (κ3) is 4.93. The number of rotatable bonds is 5. The lowest BCUT2D eigenvalue weighted by Crippen LogP contribution is -2.31. The Morgan fingerprint density at radius 1 is 1.38 bits per heavy atom. The summed E-state index contributed by atoms with van der Waals surface area (Å²) in [5.74, 6) is -1.26. The molecule has 1 aromatic rings. The summed E-state index contributed by atoms with van der Waals surface area (Å²) in [6.45, 7) is 6.34.